The van der Waals surface area contributed by atoms with Gasteiger partial charge in [0, 0.05) is 49.3 Å². The molecule has 2 aromatic rings. The number of nitrogens with two attached hydrogens (primary N) is 1. The van der Waals surface area contributed by atoms with Crippen molar-refractivity contribution >= 4 is 28.9 Å². The van der Waals surface area contributed by atoms with E-state index in [2.05, 4.69) is 10.6 Å². The molecule has 0 aromatic heterocycles. The van der Waals surface area contributed by atoms with Crippen molar-refractivity contribution in [2.45, 2.75) is 45.4 Å². The molecule has 1 fully saturated rings. The number of rotatable bonds is 7. The largest absolute Gasteiger partial charge is 0.508 e. The monoisotopic (exact) mass is 565 g/mol. The number of phenols is 1. The fourth-order valence-corrected chi connectivity index (χ4v) is 6.19. The number of benzene rings is 2. The Bertz CT molecular complexity index is 1490. The summed E-state index contributed by atoms with van der Waals surface area (Å²) in [6, 6.07) is 9.27. The Morgan fingerprint density at radius 1 is 1.12 bits per heavy atom. The minimum Gasteiger partial charge on any atom is -0.508 e. The van der Waals surface area contributed by atoms with Crippen molar-refractivity contribution in [2.75, 3.05) is 19.5 Å². The number of aliphatic hydroxyl groups is 3. The number of aliphatic hydroxyl groups excluding tert-OH is 2. The van der Waals surface area contributed by atoms with Crippen LogP contribution in [0.4, 0.5) is 5.69 Å². The van der Waals surface area contributed by atoms with Crippen LogP contribution in [0.15, 0.2) is 47.2 Å². The van der Waals surface area contributed by atoms with Gasteiger partial charge in [-0.2, -0.15) is 0 Å². The van der Waals surface area contributed by atoms with E-state index in [1.165, 1.54) is 0 Å². The van der Waals surface area contributed by atoms with Gasteiger partial charge in [-0.05, 0) is 48.1 Å². The third-order valence-electron chi connectivity index (χ3n) is 8.22. The number of carbonyl (C=O) groups is 3. The molecule has 0 saturated heterocycles. The SMILES string of the molecule is C.CNc1cc(CNCc2ccc(OC)cc2)c(O)c2c1C[C@H]1C[C@H]3CC(=O)C(C(N)=O)=C(O)[C@@]3(O)C(=O)C1=C2O. The first-order valence-electron chi connectivity index (χ1n) is 12.9. The van der Waals surface area contributed by atoms with Gasteiger partial charge in [0.1, 0.15) is 28.6 Å². The maximum absolute atomic E-state index is 13.7. The van der Waals surface area contributed by atoms with Crippen LogP contribution < -0.4 is 21.1 Å². The highest BCUT2D eigenvalue weighted by Crippen LogP contribution is 2.53. The molecule has 0 heterocycles. The van der Waals surface area contributed by atoms with E-state index in [0.29, 0.717) is 23.4 Å². The molecule has 2 aromatic carbocycles. The second-order valence-electron chi connectivity index (χ2n) is 10.4. The van der Waals surface area contributed by atoms with Gasteiger partial charge in [-0.3, -0.25) is 14.4 Å². The molecule has 11 nitrogen and oxygen atoms in total. The number of nitrogens with one attached hydrogen (secondary N) is 2. The minimum atomic E-state index is -2.59. The molecule has 8 N–H and O–H groups in total. The van der Waals surface area contributed by atoms with E-state index in [1.807, 2.05) is 24.3 Å². The second kappa shape index (κ2) is 10.9. The van der Waals surface area contributed by atoms with Gasteiger partial charge in [0.15, 0.2) is 11.4 Å². The molecule has 3 aliphatic carbocycles. The first-order chi connectivity index (χ1) is 19.0. The van der Waals surface area contributed by atoms with E-state index < -0.39 is 52.0 Å². The summed E-state index contributed by atoms with van der Waals surface area (Å²) in [5.41, 5.74) is 4.41. The Morgan fingerprint density at radius 3 is 2.41 bits per heavy atom. The van der Waals surface area contributed by atoms with Crippen LogP contribution in [0.25, 0.3) is 5.76 Å². The quantitative estimate of drug-likeness (QED) is 0.194. The number of carbonyl (C=O) groups excluding carboxylic acids is 3. The van der Waals surface area contributed by atoms with Crippen molar-refractivity contribution in [2.24, 2.45) is 17.6 Å². The number of ether oxygens (including phenoxy) is 1. The second-order valence-corrected chi connectivity index (χ2v) is 10.4. The number of hydrogen-bond donors (Lipinski definition) is 7. The van der Waals surface area contributed by atoms with Crippen LogP contribution >= 0.6 is 0 Å². The average Bonchev–Trinajstić information content (AvgIpc) is 2.92. The van der Waals surface area contributed by atoms with Crippen LogP contribution in [0.2, 0.25) is 0 Å². The number of anilines is 1. The van der Waals surface area contributed by atoms with Crippen LogP contribution in [-0.2, 0) is 33.9 Å². The van der Waals surface area contributed by atoms with Gasteiger partial charge in [0.2, 0.25) is 5.78 Å². The number of Topliss-reactive ketones (excluding diaryl/α,β-unsaturated/α-hetero) is 2. The predicted octanol–water partition coefficient (Wildman–Crippen LogP) is 2.40. The number of phenolic OH excluding ortho intramolecular Hbond substituents is 1. The number of primary amides is 1. The minimum absolute atomic E-state index is 0. The number of ketones is 2. The van der Waals surface area contributed by atoms with Crippen LogP contribution in [0.5, 0.6) is 11.5 Å². The zero-order chi connectivity index (χ0) is 28.9. The number of hydrogen-bond acceptors (Lipinski definition) is 10. The molecule has 1 saturated carbocycles. The molecule has 41 heavy (non-hydrogen) atoms. The summed E-state index contributed by atoms with van der Waals surface area (Å²) in [7, 11) is 3.29. The van der Waals surface area contributed by atoms with E-state index in [1.54, 1.807) is 20.2 Å². The molecule has 11 heteroatoms. The van der Waals surface area contributed by atoms with Crippen LogP contribution in [0.1, 0.15) is 42.5 Å². The Kier molecular flexibility index (Phi) is 7.88. The fraction of sp³-hybridized carbons (Fsp3) is 0.367. The normalized spacial score (nSPS) is 23.3. The molecule has 1 amide bonds. The summed E-state index contributed by atoms with van der Waals surface area (Å²) in [6.45, 7) is 0.726. The molecule has 3 aliphatic rings. The van der Waals surface area contributed by atoms with Gasteiger partial charge in [0.25, 0.3) is 5.91 Å². The van der Waals surface area contributed by atoms with Crippen LogP contribution in [0, 0.1) is 11.8 Å². The van der Waals surface area contributed by atoms with E-state index in [0.717, 1.165) is 11.3 Å². The summed E-state index contributed by atoms with van der Waals surface area (Å²) in [5, 5.41) is 51.1. The molecule has 0 spiro atoms. The Labute approximate surface area is 237 Å². The van der Waals surface area contributed by atoms with Gasteiger partial charge in [-0.1, -0.05) is 19.6 Å². The molecule has 0 bridgehead atoms. The van der Waals surface area contributed by atoms with Gasteiger partial charge in [-0.25, -0.2) is 0 Å². The summed E-state index contributed by atoms with van der Waals surface area (Å²) in [6.07, 6.45) is -0.0411. The zero-order valence-electron chi connectivity index (χ0n) is 22.1. The molecule has 0 aliphatic heterocycles. The Balaban J connectivity index is 0.00000387. The smallest absolute Gasteiger partial charge is 0.255 e. The molecular weight excluding hydrogens is 530 g/mol. The fourth-order valence-electron chi connectivity index (χ4n) is 6.19. The van der Waals surface area contributed by atoms with Gasteiger partial charge < -0.3 is 41.5 Å². The Morgan fingerprint density at radius 2 is 1.80 bits per heavy atom. The van der Waals surface area contributed by atoms with Crippen molar-refractivity contribution in [1.29, 1.82) is 0 Å². The van der Waals surface area contributed by atoms with Gasteiger partial charge >= 0.3 is 0 Å². The first-order valence-corrected chi connectivity index (χ1v) is 12.9. The first kappa shape index (κ1) is 29.6. The standard InChI is InChI=1S/C29H31N3O8.CH4/c1-31-19-9-15(12-32-11-13-3-5-17(40-2)6-4-13)24(34)22-18(19)8-14-7-16-10-20(33)23(28(30)38)27(37)29(16,39)26(36)21(14)25(22)35;/h3-6,9,14,16,31-32,34-35,37,39H,7-8,10-12H2,1-2H3,(H2,30,38);1H4/t14-,16+,29+;/m1./s1. The third-order valence-corrected chi connectivity index (χ3v) is 8.22. The number of aromatic hydroxyl groups is 1. The summed E-state index contributed by atoms with van der Waals surface area (Å²) in [5.74, 6) is -5.71. The van der Waals surface area contributed by atoms with Crippen molar-refractivity contribution in [3.05, 3.63) is 69.5 Å². The summed E-state index contributed by atoms with van der Waals surface area (Å²) >= 11 is 0. The number of amides is 1. The highest BCUT2D eigenvalue weighted by Gasteiger charge is 2.60. The molecule has 0 radical (unpaired) electrons. The summed E-state index contributed by atoms with van der Waals surface area (Å²) in [4.78, 5) is 38.0. The molecule has 5 rings (SSSR count). The number of methoxy groups -OCH3 is 1. The number of fused-ring (bicyclic) bond motifs is 3. The molecule has 0 unspecified atom stereocenters. The summed E-state index contributed by atoms with van der Waals surface area (Å²) < 4.78 is 5.17. The van der Waals surface area contributed by atoms with E-state index in [-0.39, 0.29) is 50.1 Å². The van der Waals surface area contributed by atoms with Gasteiger partial charge in [0.05, 0.1) is 12.7 Å². The lowest BCUT2D eigenvalue weighted by molar-refractivity contribution is -0.147. The maximum atomic E-state index is 13.7. The van der Waals surface area contributed by atoms with E-state index in [9.17, 15) is 34.8 Å². The molecule has 3 atom stereocenters. The molecular formula is C30H35N3O8. The van der Waals surface area contributed by atoms with Crippen molar-refractivity contribution < 1.29 is 39.5 Å². The topological polar surface area (TPSA) is 191 Å². The lowest BCUT2D eigenvalue weighted by atomic mass is 9.59. The maximum Gasteiger partial charge on any atom is 0.255 e. The van der Waals surface area contributed by atoms with Crippen LogP contribution in [0.3, 0.4) is 0 Å². The van der Waals surface area contributed by atoms with Gasteiger partial charge in [-0.15, -0.1) is 0 Å². The van der Waals surface area contributed by atoms with Crippen molar-refractivity contribution in [3.8, 4) is 11.5 Å². The average molecular weight is 566 g/mol. The van der Waals surface area contributed by atoms with Crippen LogP contribution in [-0.4, -0.2) is 57.7 Å². The van der Waals surface area contributed by atoms with E-state index in [4.69, 9.17) is 10.5 Å². The lowest BCUT2D eigenvalue weighted by Gasteiger charge is -2.46. The zero-order valence-corrected chi connectivity index (χ0v) is 22.1. The van der Waals surface area contributed by atoms with E-state index >= 15 is 0 Å². The Hall–Kier alpha value is -4.35. The van der Waals surface area contributed by atoms with Crippen molar-refractivity contribution in [3.63, 3.8) is 0 Å². The third kappa shape index (κ3) is 4.60. The highest BCUT2D eigenvalue weighted by atomic mass is 16.5. The lowest BCUT2D eigenvalue weighted by Crippen LogP contribution is -2.58. The predicted molar refractivity (Wildman–Crippen MR) is 151 cm³/mol. The molecule has 218 valence electrons. The van der Waals surface area contributed by atoms with Crippen molar-refractivity contribution in [1.82, 2.24) is 5.32 Å². The highest BCUT2D eigenvalue weighted by molar-refractivity contribution is 6.22.